The van der Waals surface area contributed by atoms with E-state index < -0.39 is 11.9 Å². The Kier molecular flexibility index (Phi) is 9.18. The van der Waals surface area contributed by atoms with Gasteiger partial charge in [0.25, 0.3) is 11.8 Å². The maximum absolute atomic E-state index is 12.6. The molecule has 0 spiro atoms. The summed E-state index contributed by atoms with van der Waals surface area (Å²) in [6.07, 6.45) is 1.76. The molecular weight excluding hydrogens is 610 g/mol. The molecule has 6 rings (SSSR count). The SMILES string of the molecule is O=C(CNC(=O)c1ccccc1)OCCONC(=O)c1ccc(-c2ccc3nnn(Cc4ccc5ncccc5c4)c3n2)cc1Cl. The molecule has 0 aliphatic rings. The Bertz CT molecular complexity index is 2050. The number of carbonyl (C=O) groups excluding carboxylic acids is 3. The number of fused-ring (bicyclic) bond motifs is 2. The minimum Gasteiger partial charge on any atom is -0.462 e. The molecule has 0 radical (unpaired) electrons. The number of hydroxylamine groups is 1. The van der Waals surface area contributed by atoms with Gasteiger partial charge in [0.1, 0.15) is 25.3 Å². The zero-order valence-corrected chi connectivity index (χ0v) is 25.0. The first-order valence-corrected chi connectivity index (χ1v) is 14.6. The Hall–Kier alpha value is -5.72. The highest BCUT2D eigenvalue weighted by Gasteiger charge is 2.15. The van der Waals surface area contributed by atoms with Crippen LogP contribution in [0, 0.1) is 0 Å². The van der Waals surface area contributed by atoms with Crippen LogP contribution in [-0.2, 0) is 20.9 Å². The van der Waals surface area contributed by atoms with Crippen molar-refractivity contribution >= 4 is 51.5 Å². The number of hydrogen-bond donors (Lipinski definition) is 2. The normalized spacial score (nSPS) is 11.0. The van der Waals surface area contributed by atoms with Crippen LogP contribution in [0.5, 0.6) is 0 Å². The van der Waals surface area contributed by atoms with Gasteiger partial charge in [-0.3, -0.25) is 24.2 Å². The van der Waals surface area contributed by atoms with Crippen molar-refractivity contribution in [2.75, 3.05) is 19.8 Å². The molecule has 13 heteroatoms. The minimum atomic E-state index is -0.644. The molecule has 0 bridgehead atoms. The standard InChI is InChI=1S/C33H26ClN7O5/c34-26-18-24(9-10-25(26)33(44)39-46-16-15-45-30(42)19-36-32(43)22-5-2-1-3-6-22)28-12-13-29-31(37-28)41(40-38-29)20-21-8-11-27-23(17-21)7-4-14-35-27/h1-14,17-18H,15-16,19-20H2,(H,36,43)(H,39,44). The van der Waals surface area contributed by atoms with Crippen molar-refractivity contribution < 1.29 is 24.0 Å². The van der Waals surface area contributed by atoms with E-state index in [1.807, 2.05) is 36.4 Å². The maximum atomic E-state index is 12.6. The fraction of sp³-hybridized carbons (Fsp3) is 0.121. The number of ether oxygens (including phenoxy) is 1. The second-order valence-corrected chi connectivity index (χ2v) is 10.5. The van der Waals surface area contributed by atoms with Crippen LogP contribution >= 0.6 is 11.6 Å². The number of benzene rings is 3. The van der Waals surface area contributed by atoms with E-state index in [0.29, 0.717) is 34.5 Å². The molecule has 12 nitrogen and oxygen atoms in total. The summed E-state index contributed by atoms with van der Waals surface area (Å²) < 4.78 is 6.74. The first-order chi connectivity index (χ1) is 22.4. The molecule has 0 saturated heterocycles. The van der Waals surface area contributed by atoms with E-state index in [4.69, 9.17) is 26.2 Å². The molecule has 0 saturated carbocycles. The first kappa shape index (κ1) is 30.3. The van der Waals surface area contributed by atoms with Crippen molar-refractivity contribution in [2.45, 2.75) is 6.54 Å². The summed E-state index contributed by atoms with van der Waals surface area (Å²) in [5.74, 6) is -1.61. The maximum Gasteiger partial charge on any atom is 0.325 e. The number of nitrogens with one attached hydrogen (secondary N) is 2. The summed E-state index contributed by atoms with van der Waals surface area (Å²) in [4.78, 5) is 50.8. The molecule has 0 atom stereocenters. The monoisotopic (exact) mass is 635 g/mol. The third-order valence-corrected chi connectivity index (χ3v) is 7.22. The van der Waals surface area contributed by atoms with E-state index in [0.717, 1.165) is 16.5 Å². The van der Waals surface area contributed by atoms with Crippen molar-refractivity contribution in [1.82, 2.24) is 35.8 Å². The van der Waals surface area contributed by atoms with Crippen LogP contribution in [0.3, 0.4) is 0 Å². The average Bonchev–Trinajstić information content (AvgIpc) is 3.48. The number of nitrogens with zero attached hydrogens (tertiary/aromatic N) is 5. The van der Waals surface area contributed by atoms with Crippen molar-refractivity contribution in [3.63, 3.8) is 0 Å². The lowest BCUT2D eigenvalue weighted by Crippen LogP contribution is -2.31. The molecule has 0 fully saturated rings. The van der Waals surface area contributed by atoms with Gasteiger partial charge in [-0.2, -0.15) is 0 Å². The highest BCUT2D eigenvalue weighted by Crippen LogP contribution is 2.26. The van der Waals surface area contributed by atoms with Gasteiger partial charge in [-0.1, -0.05) is 53.2 Å². The molecule has 3 aromatic carbocycles. The Labute approximate surface area is 267 Å². The van der Waals surface area contributed by atoms with Crippen molar-refractivity contribution in [1.29, 1.82) is 0 Å². The first-order valence-electron chi connectivity index (χ1n) is 14.2. The molecule has 0 aliphatic carbocycles. The van der Waals surface area contributed by atoms with E-state index in [-0.39, 0.29) is 36.3 Å². The van der Waals surface area contributed by atoms with Crippen LogP contribution in [0.25, 0.3) is 33.3 Å². The lowest BCUT2D eigenvalue weighted by Gasteiger charge is -2.10. The molecule has 6 aromatic rings. The van der Waals surface area contributed by atoms with Gasteiger partial charge in [-0.05, 0) is 60.2 Å². The van der Waals surface area contributed by atoms with Crippen LogP contribution in [-0.4, -0.2) is 62.5 Å². The average molecular weight is 636 g/mol. The predicted molar refractivity (Wildman–Crippen MR) is 170 cm³/mol. The molecule has 0 unspecified atom stereocenters. The third kappa shape index (κ3) is 7.15. The van der Waals surface area contributed by atoms with E-state index >= 15 is 0 Å². The highest BCUT2D eigenvalue weighted by molar-refractivity contribution is 6.34. The van der Waals surface area contributed by atoms with Crippen LogP contribution in [0.15, 0.2) is 97.2 Å². The van der Waals surface area contributed by atoms with Crippen LogP contribution in [0.4, 0.5) is 0 Å². The lowest BCUT2D eigenvalue weighted by molar-refractivity contribution is -0.144. The number of carbonyl (C=O) groups is 3. The Balaban J connectivity index is 1.01. The fourth-order valence-electron chi connectivity index (χ4n) is 4.64. The number of amides is 2. The van der Waals surface area contributed by atoms with Gasteiger partial charge in [0.2, 0.25) is 0 Å². The van der Waals surface area contributed by atoms with Gasteiger partial charge >= 0.3 is 5.97 Å². The summed E-state index contributed by atoms with van der Waals surface area (Å²) in [6, 6.07) is 27.0. The smallest absolute Gasteiger partial charge is 0.325 e. The molecule has 46 heavy (non-hydrogen) atoms. The van der Waals surface area contributed by atoms with Gasteiger partial charge in [0.15, 0.2) is 5.65 Å². The van der Waals surface area contributed by atoms with E-state index in [1.54, 1.807) is 59.4 Å². The van der Waals surface area contributed by atoms with Gasteiger partial charge in [0.05, 0.1) is 28.3 Å². The summed E-state index contributed by atoms with van der Waals surface area (Å²) >= 11 is 6.46. The van der Waals surface area contributed by atoms with Crippen molar-refractivity contribution in [3.8, 4) is 11.3 Å². The van der Waals surface area contributed by atoms with Crippen LogP contribution in [0.2, 0.25) is 5.02 Å². The number of hydrogen-bond acceptors (Lipinski definition) is 9. The molecule has 2 N–H and O–H groups in total. The van der Waals surface area contributed by atoms with Gasteiger partial charge in [-0.15, -0.1) is 5.10 Å². The highest BCUT2D eigenvalue weighted by atomic mass is 35.5. The molecule has 230 valence electrons. The molecular formula is C33H26ClN7O5. The Morgan fingerprint density at radius 1 is 0.848 bits per heavy atom. The summed E-state index contributed by atoms with van der Waals surface area (Å²) in [5.41, 5.74) is 7.43. The third-order valence-electron chi connectivity index (χ3n) is 6.91. The largest absolute Gasteiger partial charge is 0.462 e. The van der Waals surface area contributed by atoms with E-state index in [2.05, 4.69) is 32.2 Å². The van der Waals surface area contributed by atoms with Crippen molar-refractivity contribution in [2.24, 2.45) is 0 Å². The summed E-state index contributed by atoms with van der Waals surface area (Å²) in [7, 11) is 0. The topological polar surface area (TPSA) is 150 Å². The molecule has 0 aliphatic heterocycles. The second-order valence-electron chi connectivity index (χ2n) is 10.1. The zero-order chi connectivity index (χ0) is 31.9. The van der Waals surface area contributed by atoms with Gasteiger partial charge in [-0.25, -0.2) is 15.1 Å². The number of rotatable bonds is 11. The fourth-order valence-corrected chi connectivity index (χ4v) is 4.91. The number of esters is 1. The van der Waals surface area contributed by atoms with Gasteiger partial charge in [0, 0.05) is 22.7 Å². The Morgan fingerprint density at radius 3 is 2.54 bits per heavy atom. The second kappa shape index (κ2) is 13.9. The van der Waals surface area contributed by atoms with E-state index in [9.17, 15) is 14.4 Å². The number of halogens is 1. The molecule has 3 heterocycles. The number of pyridine rings is 2. The predicted octanol–water partition coefficient (Wildman–Crippen LogP) is 4.38. The van der Waals surface area contributed by atoms with Gasteiger partial charge < -0.3 is 10.1 Å². The van der Waals surface area contributed by atoms with Crippen LogP contribution < -0.4 is 10.8 Å². The summed E-state index contributed by atoms with van der Waals surface area (Å²) in [6.45, 7) is -0.0705. The minimum absolute atomic E-state index is 0.110. The Morgan fingerprint density at radius 2 is 1.70 bits per heavy atom. The quantitative estimate of drug-likeness (QED) is 0.120. The summed E-state index contributed by atoms with van der Waals surface area (Å²) in [5, 5.41) is 12.2. The van der Waals surface area contributed by atoms with Crippen molar-refractivity contribution in [3.05, 3.63) is 119 Å². The molecule has 2 amide bonds. The van der Waals surface area contributed by atoms with Crippen LogP contribution in [0.1, 0.15) is 26.3 Å². The molecule has 3 aromatic heterocycles. The lowest BCUT2D eigenvalue weighted by atomic mass is 10.1. The zero-order valence-electron chi connectivity index (χ0n) is 24.2. The number of aromatic nitrogens is 5. The van der Waals surface area contributed by atoms with E-state index in [1.165, 1.54) is 0 Å².